The van der Waals surface area contributed by atoms with Gasteiger partial charge in [0.2, 0.25) is 0 Å². The van der Waals surface area contributed by atoms with Crippen molar-refractivity contribution in [1.29, 1.82) is 0 Å². The minimum atomic E-state index is 0.499. The summed E-state index contributed by atoms with van der Waals surface area (Å²) in [6.07, 6.45) is 1.69. The third kappa shape index (κ3) is 3.08. The van der Waals surface area contributed by atoms with Crippen LogP contribution in [0.25, 0.3) is 0 Å². The topological polar surface area (TPSA) is 25.2 Å². The van der Waals surface area contributed by atoms with E-state index in [4.69, 9.17) is 4.42 Å². The molecule has 0 aromatic carbocycles. The van der Waals surface area contributed by atoms with Crippen molar-refractivity contribution in [2.24, 2.45) is 0 Å². The number of hydrogen-bond acceptors (Lipinski definition) is 2. The van der Waals surface area contributed by atoms with E-state index in [-0.39, 0.29) is 0 Å². The Bertz CT molecular complexity index is 220. The van der Waals surface area contributed by atoms with Gasteiger partial charge in [0.25, 0.3) is 0 Å². The van der Waals surface area contributed by atoms with E-state index >= 15 is 0 Å². The van der Waals surface area contributed by atoms with Crippen molar-refractivity contribution in [2.45, 2.75) is 26.4 Å². The van der Waals surface area contributed by atoms with Gasteiger partial charge in [-0.3, -0.25) is 0 Å². The van der Waals surface area contributed by atoms with Gasteiger partial charge in [0.1, 0.15) is 12.0 Å². The molecule has 0 aliphatic heterocycles. The van der Waals surface area contributed by atoms with Crippen molar-refractivity contribution in [3.8, 4) is 0 Å². The summed E-state index contributed by atoms with van der Waals surface area (Å²) in [5.41, 5.74) is 0. The van der Waals surface area contributed by atoms with Crippen LogP contribution in [0.4, 0.5) is 0 Å². The average Bonchev–Trinajstić information content (AvgIpc) is 2.31. The molecule has 0 radical (unpaired) electrons. The Morgan fingerprint density at radius 2 is 2.36 bits per heavy atom. The molecule has 0 atom stereocenters. The minimum Gasteiger partial charge on any atom is -0.467 e. The van der Waals surface area contributed by atoms with Crippen LogP contribution in [0.15, 0.2) is 21.2 Å². The molecule has 0 saturated heterocycles. The minimum absolute atomic E-state index is 0.499. The monoisotopic (exact) mass is 217 g/mol. The lowest BCUT2D eigenvalue weighted by molar-refractivity contribution is 0.464. The zero-order valence-corrected chi connectivity index (χ0v) is 8.31. The largest absolute Gasteiger partial charge is 0.467 e. The van der Waals surface area contributed by atoms with Gasteiger partial charge in [-0.1, -0.05) is 13.8 Å². The lowest BCUT2D eigenvalue weighted by Gasteiger charge is -2.04. The second kappa shape index (κ2) is 3.93. The normalized spacial score (nSPS) is 10.9. The Morgan fingerprint density at radius 1 is 1.64 bits per heavy atom. The van der Waals surface area contributed by atoms with Crippen molar-refractivity contribution in [3.63, 3.8) is 0 Å². The van der Waals surface area contributed by atoms with Crippen LogP contribution in [0, 0.1) is 0 Å². The van der Waals surface area contributed by atoms with E-state index in [1.807, 2.05) is 6.07 Å². The summed E-state index contributed by atoms with van der Waals surface area (Å²) in [7, 11) is 0. The Kier molecular flexibility index (Phi) is 3.15. The Hall–Kier alpha value is -0.280. The van der Waals surface area contributed by atoms with Gasteiger partial charge in [0, 0.05) is 6.04 Å². The van der Waals surface area contributed by atoms with Gasteiger partial charge in [0.05, 0.1) is 11.0 Å². The summed E-state index contributed by atoms with van der Waals surface area (Å²) in [4.78, 5) is 0. The smallest absolute Gasteiger partial charge is 0.118 e. The molecule has 0 spiro atoms. The molecular formula is C8H12BrNO. The van der Waals surface area contributed by atoms with E-state index in [0.717, 1.165) is 16.8 Å². The summed E-state index contributed by atoms with van der Waals surface area (Å²) >= 11 is 3.32. The SMILES string of the molecule is CC(C)NCc1cc(Br)co1. The van der Waals surface area contributed by atoms with E-state index in [1.54, 1.807) is 6.26 Å². The quantitative estimate of drug-likeness (QED) is 0.843. The Balaban J connectivity index is 2.39. The van der Waals surface area contributed by atoms with Gasteiger partial charge in [-0.15, -0.1) is 0 Å². The summed E-state index contributed by atoms with van der Waals surface area (Å²) in [5.74, 6) is 0.963. The zero-order chi connectivity index (χ0) is 8.27. The molecular weight excluding hydrogens is 206 g/mol. The van der Waals surface area contributed by atoms with Gasteiger partial charge in [-0.25, -0.2) is 0 Å². The van der Waals surface area contributed by atoms with Crippen molar-refractivity contribution in [2.75, 3.05) is 0 Å². The highest BCUT2D eigenvalue weighted by Gasteiger charge is 1.99. The van der Waals surface area contributed by atoms with Crippen LogP contribution in [0.5, 0.6) is 0 Å². The van der Waals surface area contributed by atoms with Gasteiger partial charge in [0.15, 0.2) is 0 Å². The average molecular weight is 218 g/mol. The highest BCUT2D eigenvalue weighted by Crippen LogP contribution is 2.13. The van der Waals surface area contributed by atoms with Crippen molar-refractivity contribution >= 4 is 15.9 Å². The molecule has 1 aromatic heterocycles. The highest BCUT2D eigenvalue weighted by atomic mass is 79.9. The van der Waals surface area contributed by atoms with Crippen molar-refractivity contribution < 1.29 is 4.42 Å². The first kappa shape index (κ1) is 8.81. The van der Waals surface area contributed by atoms with Crippen LogP contribution < -0.4 is 5.32 Å². The van der Waals surface area contributed by atoms with Gasteiger partial charge < -0.3 is 9.73 Å². The summed E-state index contributed by atoms with van der Waals surface area (Å²) in [5, 5.41) is 3.26. The molecule has 0 aliphatic carbocycles. The molecule has 3 heteroatoms. The molecule has 1 heterocycles. The molecule has 2 nitrogen and oxygen atoms in total. The maximum atomic E-state index is 5.21. The first-order valence-electron chi connectivity index (χ1n) is 3.65. The first-order valence-corrected chi connectivity index (χ1v) is 4.44. The Labute approximate surface area is 75.1 Å². The fourth-order valence-corrected chi connectivity index (χ4v) is 1.10. The third-order valence-corrected chi connectivity index (χ3v) is 1.72. The maximum absolute atomic E-state index is 5.21. The number of rotatable bonds is 3. The van der Waals surface area contributed by atoms with Crippen LogP contribution >= 0.6 is 15.9 Å². The zero-order valence-electron chi connectivity index (χ0n) is 6.73. The lowest BCUT2D eigenvalue weighted by atomic mass is 10.3. The van der Waals surface area contributed by atoms with Gasteiger partial charge >= 0.3 is 0 Å². The van der Waals surface area contributed by atoms with E-state index < -0.39 is 0 Å². The van der Waals surface area contributed by atoms with Gasteiger partial charge in [-0.05, 0) is 22.0 Å². The van der Waals surface area contributed by atoms with E-state index in [0.29, 0.717) is 6.04 Å². The standard InChI is InChI=1S/C8H12BrNO/c1-6(2)10-4-8-3-7(9)5-11-8/h3,5-6,10H,4H2,1-2H3. The lowest BCUT2D eigenvalue weighted by Crippen LogP contribution is -2.21. The van der Waals surface area contributed by atoms with E-state index in [1.165, 1.54) is 0 Å². The van der Waals surface area contributed by atoms with Crippen molar-refractivity contribution in [1.82, 2.24) is 5.32 Å². The summed E-state index contributed by atoms with van der Waals surface area (Å²) in [6, 6.07) is 2.47. The van der Waals surface area contributed by atoms with E-state index in [9.17, 15) is 0 Å². The van der Waals surface area contributed by atoms with E-state index in [2.05, 4.69) is 35.1 Å². The Morgan fingerprint density at radius 3 is 2.82 bits per heavy atom. The van der Waals surface area contributed by atoms with Crippen LogP contribution in [-0.2, 0) is 6.54 Å². The molecule has 0 saturated carbocycles. The molecule has 0 unspecified atom stereocenters. The predicted molar refractivity (Wildman–Crippen MR) is 48.4 cm³/mol. The van der Waals surface area contributed by atoms with Crippen molar-refractivity contribution in [3.05, 3.63) is 22.6 Å². The predicted octanol–water partition coefficient (Wildman–Crippen LogP) is 2.54. The molecule has 1 N–H and O–H groups in total. The number of halogens is 1. The maximum Gasteiger partial charge on any atom is 0.118 e. The second-order valence-corrected chi connectivity index (χ2v) is 3.68. The fraction of sp³-hybridized carbons (Fsp3) is 0.500. The highest BCUT2D eigenvalue weighted by molar-refractivity contribution is 9.10. The molecule has 1 rings (SSSR count). The summed E-state index contributed by atoms with van der Waals surface area (Å²) in [6.45, 7) is 5.01. The second-order valence-electron chi connectivity index (χ2n) is 2.77. The van der Waals surface area contributed by atoms with Crippen LogP contribution in [0.1, 0.15) is 19.6 Å². The van der Waals surface area contributed by atoms with Crippen LogP contribution in [-0.4, -0.2) is 6.04 Å². The molecule has 0 fully saturated rings. The third-order valence-electron chi connectivity index (χ3n) is 1.31. The molecule has 0 amide bonds. The number of furan rings is 1. The summed E-state index contributed by atoms with van der Waals surface area (Å²) < 4.78 is 6.20. The molecule has 0 aliphatic rings. The van der Waals surface area contributed by atoms with Crippen LogP contribution in [0.3, 0.4) is 0 Å². The number of nitrogens with one attached hydrogen (secondary N) is 1. The van der Waals surface area contributed by atoms with Crippen LogP contribution in [0.2, 0.25) is 0 Å². The fourth-order valence-electron chi connectivity index (χ4n) is 0.751. The first-order chi connectivity index (χ1) is 5.18. The molecule has 1 aromatic rings. The molecule has 62 valence electrons. The number of hydrogen-bond donors (Lipinski definition) is 1. The molecule has 11 heavy (non-hydrogen) atoms. The van der Waals surface area contributed by atoms with Gasteiger partial charge in [-0.2, -0.15) is 0 Å². The molecule has 0 bridgehead atoms.